The quantitative estimate of drug-likeness (QED) is 0.698. The van der Waals surface area contributed by atoms with Gasteiger partial charge in [-0.2, -0.15) is 0 Å². The van der Waals surface area contributed by atoms with Crippen LogP contribution in [-0.4, -0.2) is 42.8 Å². The molecule has 0 aromatic heterocycles. The second kappa shape index (κ2) is 8.02. The zero-order valence-electron chi connectivity index (χ0n) is 13.1. The maximum Gasteiger partial charge on any atom is 0.409 e. The van der Waals surface area contributed by atoms with Crippen LogP contribution in [0.3, 0.4) is 0 Å². The van der Waals surface area contributed by atoms with Crippen LogP contribution in [0.15, 0.2) is 0 Å². The summed E-state index contributed by atoms with van der Waals surface area (Å²) in [5.41, 5.74) is 0. The largest absolute Gasteiger partial charge is 0.466 e. The van der Waals surface area contributed by atoms with Gasteiger partial charge in [0, 0.05) is 12.1 Å². The third-order valence-corrected chi connectivity index (χ3v) is 3.59. The van der Waals surface area contributed by atoms with Gasteiger partial charge in [-0.05, 0) is 33.6 Å². The summed E-state index contributed by atoms with van der Waals surface area (Å²) in [6, 6.07) is -0.0915. The Bertz CT molecular complexity index is 304. The van der Waals surface area contributed by atoms with Crippen LogP contribution in [0.2, 0.25) is 0 Å². The summed E-state index contributed by atoms with van der Waals surface area (Å²) >= 11 is 0. The number of carbonyl (C=O) groups excluding carboxylic acids is 2. The minimum absolute atomic E-state index is 0.0132. The van der Waals surface area contributed by atoms with Crippen LogP contribution >= 0.6 is 0 Å². The molecule has 3 atom stereocenters. The normalized spacial score (nSPS) is 15.6. The molecule has 112 valence electrons. The lowest BCUT2D eigenvalue weighted by Crippen LogP contribution is -2.48. The Kier molecular flexibility index (Phi) is 7.49. The van der Waals surface area contributed by atoms with Crippen molar-refractivity contribution in [1.29, 1.82) is 0 Å². The molecule has 0 heterocycles. The van der Waals surface area contributed by atoms with Crippen molar-refractivity contribution in [2.24, 2.45) is 11.8 Å². The summed E-state index contributed by atoms with van der Waals surface area (Å²) in [7, 11) is 1.36. The van der Waals surface area contributed by atoms with Gasteiger partial charge in [0.15, 0.2) is 0 Å². The summed E-state index contributed by atoms with van der Waals surface area (Å²) in [4.78, 5) is 25.2. The zero-order valence-corrected chi connectivity index (χ0v) is 13.1. The second-order valence-electron chi connectivity index (χ2n) is 5.11. The fourth-order valence-electron chi connectivity index (χ4n) is 2.11. The first kappa shape index (κ1) is 17.7. The van der Waals surface area contributed by atoms with Gasteiger partial charge in [-0.25, -0.2) is 4.79 Å². The van der Waals surface area contributed by atoms with E-state index in [-0.39, 0.29) is 36.0 Å². The van der Waals surface area contributed by atoms with E-state index in [1.165, 1.54) is 7.11 Å². The minimum atomic E-state index is -0.370. The third-order valence-electron chi connectivity index (χ3n) is 3.59. The number of amides is 1. The van der Waals surface area contributed by atoms with Crippen LogP contribution in [0.1, 0.15) is 41.5 Å². The smallest absolute Gasteiger partial charge is 0.409 e. The molecule has 0 bridgehead atoms. The molecule has 0 aliphatic heterocycles. The van der Waals surface area contributed by atoms with Crippen LogP contribution in [0.5, 0.6) is 0 Å². The van der Waals surface area contributed by atoms with Crippen molar-refractivity contribution in [3.63, 3.8) is 0 Å². The molecule has 3 unspecified atom stereocenters. The number of esters is 1. The van der Waals surface area contributed by atoms with E-state index in [4.69, 9.17) is 9.47 Å². The fraction of sp³-hybridized carbons (Fsp3) is 0.857. The molecule has 0 fully saturated rings. The Morgan fingerprint density at radius 2 is 1.63 bits per heavy atom. The van der Waals surface area contributed by atoms with Crippen molar-refractivity contribution in [3.05, 3.63) is 0 Å². The van der Waals surface area contributed by atoms with E-state index in [2.05, 4.69) is 0 Å². The molecule has 0 radical (unpaired) electrons. The van der Waals surface area contributed by atoms with Gasteiger partial charge in [0.2, 0.25) is 0 Å². The lowest BCUT2D eigenvalue weighted by atomic mass is 9.88. The van der Waals surface area contributed by atoms with Crippen molar-refractivity contribution in [2.45, 2.75) is 53.6 Å². The molecule has 0 aromatic carbocycles. The summed E-state index contributed by atoms with van der Waals surface area (Å²) in [6.07, 6.45) is -0.370. The first-order valence-electron chi connectivity index (χ1n) is 6.80. The van der Waals surface area contributed by atoms with Crippen molar-refractivity contribution in [1.82, 2.24) is 4.90 Å². The van der Waals surface area contributed by atoms with E-state index in [0.717, 1.165) is 0 Å². The Balaban J connectivity index is 4.89. The van der Waals surface area contributed by atoms with Gasteiger partial charge in [-0.1, -0.05) is 13.8 Å². The molecule has 5 heteroatoms. The van der Waals surface area contributed by atoms with Crippen LogP contribution in [0.4, 0.5) is 4.79 Å². The highest BCUT2D eigenvalue weighted by atomic mass is 16.5. The first-order chi connectivity index (χ1) is 8.77. The second-order valence-corrected chi connectivity index (χ2v) is 5.11. The Morgan fingerprint density at radius 1 is 1.11 bits per heavy atom. The van der Waals surface area contributed by atoms with Crippen molar-refractivity contribution >= 4 is 12.1 Å². The Morgan fingerprint density at radius 3 is 2.00 bits per heavy atom. The SMILES string of the molecule is CCOC(=O)C(C)C(C)C(C)N(C(=O)OC)C(C)C. The topological polar surface area (TPSA) is 55.8 Å². The predicted octanol–water partition coefficient (Wildman–Crippen LogP) is 2.69. The lowest BCUT2D eigenvalue weighted by molar-refractivity contribution is -0.150. The number of rotatable bonds is 6. The van der Waals surface area contributed by atoms with E-state index in [0.29, 0.717) is 6.61 Å². The molecule has 19 heavy (non-hydrogen) atoms. The lowest BCUT2D eigenvalue weighted by Gasteiger charge is -2.36. The molecule has 0 aliphatic carbocycles. The zero-order chi connectivity index (χ0) is 15.2. The number of hydrogen-bond donors (Lipinski definition) is 0. The fourth-order valence-corrected chi connectivity index (χ4v) is 2.11. The standard InChI is InChI=1S/C14H27NO4/c1-8-19-13(16)11(5)10(4)12(6)15(9(2)3)14(17)18-7/h9-12H,8H2,1-7H3. The Labute approximate surface area is 116 Å². The number of hydrogen-bond acceptors (Lipinski definition) is 4. The van der Waals surface area contributed by atoms with Crippen LogP contribution in [0.25, 0.3) is 0 Å². The highest BCUT2D eigenvalue weighted by Crippen LogP contribution is 2.23. The van der Waals surface area contributed by atoms with Gasteiger partial charge in [0.05, 0.1) is 19.6 Å². The van der Waals surface area contributed by atoms with E-state index < -0.39 is 0 Å². The van der Waals surface area contributed by atoms with Crippen LogP contribution in [-0.2, 0) is 14.3 Å². The van der Waals surface area contributed by atoms with E-state index in [1.54, 1.807) is 11.8 Å². The molecule has 0 aliphatic rings. The number of methoxy groups -OCH3 is 1. The van der Waals surface area contributed by atoms with Crippen LogP contribution in [0, 0.1) is 11.8 Å². The molecule has 0 spiro atoms. The number of carbonyl (C=O) groups is 2. The molecule has 0 N–H and O–H groups in total. The molecule has 5 nitrogen and oxygen atoms in total. The van der Waals surface area contributed by atoms with Crippen molar-refractivity contribution in [2.75, 3.05) is 13.7 Å². The maximum absolute atomic E-state index is 11.8. The third kappa shape index (κ3) is 4.73. The molecule has 0 rings (SSSR count). The molecule has 0 saturated heterocycles. The van der Waals surface area contributed by atoms with E-state index in [9.17, 15) is 9.59 Å². The number of nitrogens with zero attached hydrogens (tertiary/aromatic N) is 1. The van der Waals surface area contributed by atoms with Crippen molar-refractivity contribution in [3.8, 4) is 0 Å². The minimum Gasteiger partial charge on any atom is -0.466 e. The van der Waals surface area contributed by atoms with E-state index >= 15 is 0 Å². The van der Waals surface area contributed by atoms with Gasteiger partial charge >= 0.3 is 12.1 Å². The summed E-state index contributed by atoms with van der Waals surface area (Å²) in [6.45, 7) is 11.7. The maximum atomic E-state index is 11.8. The van der Waals surface area contributed by atoms with Gasteiger partial charge < -0.3 is 14.4 Å². The average Bonchev–Trinajstić information content (AvgIpc) is 2.36. The average molecular weight is 273 g/mol. The molecule has 0 aromatic rings. The van der Waals surface area contributed by atoms with Gasteiger partial charge in [-0.3, -0.25) is 4.79 Å². The van der Waals surface area contributed by atoms with Crippen LogP contribution < -0.4 is 0 Å². The van der Waals surface area contributed by atoms with Gasteiger partial charge in [0.1, 0.15) is 0 Å². The molecule has 0 saturated carbocycles. The van der Waals surface area contributed by atoms with Gasteiger partial charge in [0.25, 0.3) is 0 Å². The molecular formula is C14H27NO4. The Hall–Kier alpha value is -1.26. The monoisotopic (exact) mass is 273 g/mol. The highest BCUT2D eigenvalue weighted by molar-refractivity contribution is 5.73. The summed E-state index contributed by atoms with van der Waals surface area (Å²) in [5.74, 6) is -0.503. The van der Waals surface area contributed by atoms with E-state index in [1.807, 2.05) is 34.6 Å². The first-order valence-corrected chi connectivity index (χ1v) is 6.80. The van der Waals surface area contributed by atoms with Gasteiger partial charge in [-0.15, -0.1) is 0 Å². The molecular weight excluding hydrogens is 246 g/mol. The molecule has 1 amide bonds. The van der Waals surface area contributed by atoms with Crippen molar-refractivity contribution < 1.29 is 19.1 Å². The number of ether oxygens (including phenoxy) is 2. The highest BCUT2D eigenvalue weighted by Gasteiger charge is 2.33. The summed E-state index contributed by atoms with van der Waals surface area (Å²) in [5, 5.41) is 0. The summed E-state index contributed by atoms with van der Waals surface area (Å²) < 4.78 is 9.83. The predicted molar refractivity (Wildman–Crippen MR) is 73.8 cm³/mol.